The summed E-state index contributed by atoms with van der Waals surface area (Å²) in [5.74, 6) is 1.77. The molecule has 0 spiro atoms. The van der Waals surface area contributed by atoms with E-state index in [1.165, 1.54) is 25.7 Å². The summed E-state index contributed by atoms with van der Waals surface area (Å²) < 4.78 is 0. The largest absolute Gasteiger partial charge is 0.299 e. The van der Waals surface area contributed by atoms with Crippen molar-refractivity contribution in [3.8, 4) is 0 Å². The molecule has 68 valence electrons. The lowest BCUT2D eigenvalue weighted by Gasteiger charge is -2.53. The van der Waals surface area contributed by atoms with Gasteiger partial charge in [-0.05, 0) is 25.2 Å². The van der Waals surface area contributed by atoms with Crippen LogP contribution in [0.2, 0.25) is 0 Å². The summed E-state index contributed by atoms with van der Waals surface area (Å²) in [5.41, 5.74) is 0.0745. The van der Waals surface area contributed by atoms with Crippen molar-refractivity contribution in [2.75, 3.05) is 0 Å². The third-order valence-electron chi connectivity index (χ3n) is 4.22. The molecule has 2 aliphatic rings. The quantitative estimate of drug-likeness (QED) is 0.585. The number of fused-ring (bicyclic) bond motifs is 1. The standard InChI is InChI=1S/C11H18O/c1-3-11(2)9-7-5-4-6-8(9)10(11)12/h8-9H,3-7H2,1-2H3/t8-,9+,11-/m0/s1. The van der Waals surface area contributed by atoms with Crippen molar-refractivity contribution in [1.82, 2.24) is 0 Å². The molecule has 2 fully saturated rings. The molecule has 2 aliphatic carbocycles. The first-order valence-corrected chi connectivity index (χ1v) is 5.24. The van der Waals surface area contributed by atoms with Gasteiger partial charge in [0.2, 0.25) is 0 Å². The molecule has 0 saturated heterocycles. The van der Waals surface area contributed by atoms with Gasteiger partial charge < -0.3 is 0 Å². The van der Waals surface area contributed by atoms with Crippen LogP contribution in [0.4, 0.5) is 0 Å². The van der Waals surface area contributed by atoms with Crippen LogP contribution in [0.3, 0.4) is 0 Å². The van der Waals surface area contributed by atoms with Gasteiger partial charge in [-0.2, -0.15) is 0 Å². The van der Waals surface area contributed by atoms with Gasteiger partial charge in [-0.15, -0.1) is 0 Å². The van der Waals surface area contributed by atoms with E-state index in [1.54, 1.807) is 0 Å². The van der Waals surface area contributed by atoms with Crippen molar-refractivity contribution in [3.63, 3.8) is 0 Å². The van der Waals surface area contributed by atoms with Gasteiger partial charge in [-0.25, -0.2) is 0 Å². The zero-order chi connectivity index (χ0) is 8.77. The van der Waals surface area contributed by atoms with Gasteiger partial charge in [0, 0.05) is 11.3 Å². The minimum atomic E-state index is 0.0745. The second kappa shape index (κ2) is 2.58. The van der Waals surface area contributed by atoms with Gasteiger partial charge in [-0.1, -0.05) is 26.7 Å². The van der Waals surface area contributed by atoms with Crippen LogP contribution in [0.5, 0.6) is 0 Å². The Kier molecular flexibility index (Phi) is 1.78. The van der Waals surface area contributed by atoms with Crippen molar-refractivity contribution < 1.29 is 4.79 Å². The van der Waals surface area contributed by atoms with Crippen LogP contribution < -0.4 is 0 Å². The lowest BCUT2D eigenvalue weighted by atomic mass is 9.48. The van der Waals surface area contributed by atoms with E-state index in [9.17, 15) is 4.79 Å². The van der Waals surface area contributed by atoms with E-state index in [0.29, 0.717) is 11.7 Å². The molecule has 0 unspecified atom stereocenters. The smallest absolute Gasteiger partial charge is 0.142 e. The number of hydrogen-bond donors (Lipinski definition) is 0. The molecule has 2 saturated carbocycles. The molecular weight excluding hydrogens is 148 g/mol. The van der Waals surface area contributed by atoms with E-state index in [4.69, 9.17) is 0 Å². The van der Waals surface area contributed by atoms with Gasteiger partial charge in [0.15, 0.2) is 0 Å². The highest BCUT2D eigenvalue weighted by atomic mass is 16.1. The van der Waals surface area contributed by atoms with Crippen molar-refractivity contribution in [2.24, 2.45) is 17.3 Å². The first-order valence-electron chi connectivity index (χ1n) is 5.24. The third kappa shape index (κ3) is 0.826. The number of ketones is 1. The molecule has 2 rings (SSSR count). The lowest BCUT2D eigenvalue weighted by Crippen LogP contribution is -2.56. The van der Waals surface area contributed by atoms with Crippen molar-refractivity contribution in [3.05, 3.63) is 0 Å². The average molecular weight is 166 g/mol. The lowest BCUT2D eigenvalue weighted by molar-refractivity contribution is -0.159. The zero-order valence-corrected chi connectivity index (χ0v) is 8.10. The molecule has 3 atom stereocenters. The minimum absolute atomic E-state index is 0.0745. The van der Waals surface area contributed by atoms with Crippen LogP contribution in [0.25, 0.3) is 0 Å². The van der Waals surface area contributed by atoms with E-state index in [2.05, 4.69) is 13.8 Å². The van der Waals surface area contributed by atoms with Crippen molar-refractivity contribution in [1.29, 1.82) is 0 Å². The number of Topliss-reactive ketones (excluding diaryl/α,β-unsaturated/α-hetero) is 1. The summed E-state index contributed by atoms with van der Waals surface area (Å²) in [4.78, 5) is 11.7. The maximum atomic E-state index is 11.7. The summed E-state index contributed by atoms with van der Waals surface area (Å²) >= 11 is 0. The molecular formula is C11H18O. The zero-order valence-electron chi connectivity index (χ0n) is 8.10. The van der Waals surface area contributed by atoms with Gasteiger partial charge in [-0.3, -0.25) is 4.79 Å². The molecule has 0 aromatic heterocycles. The van der Waals surface area contributed by atoms with Crippen LogP contribution in [0, 0.1) is 17.3 Å². The van der Waals surface area contributed by atoms with E-state index < -0.39 is 0 Å². The Balaban J connectivity index is 2.15. The fourth-order valence-corrected chi connectivity index (χ4v) is 3.15. The van der Waals surface area contributed by atoms with E-state index in [1.807, 2.05) is 0 Å². The summed E-state index contributed by atoms with van der Waals surface area (Å²) in [6.07, 6.45) is 6.17. The molecule has 0 N–H and O–H groups in total. The van der Waals surface area contributed by atoms with Gasteiger partial charge in [0.05, 0.1) is 0 Å². The molecule has 1 heteroatoms. The number of carbonyl (C=O) groups excluding carboxylic acids is 1. The normalized spacial score (nSPS) is 46.7. The Labute approximate surface area is 74.5 Å². The average Bonchev–Trinajstić information content (AvgIpc) is 2.16. The van der Waals surface area contributed by atoms with Crippen LogP contribution in [-0.4, -0.2) is 5.78 Å². The fourth-order valence-electron chi connectivity index (χ4n) is 3.15. The van der Waals surface area contributed by atoms with Crippen LogP contribution >= 0.6 is 0 Å². The van der Waals surface area contributed by atoms with Crippen LogP contribution in [0.15, 0.2) is 0 Å². The van der Waals surface area contributed by atoms with Crippen LogP contribution in [0.1, 0.15) is 46.0 Å². The van der Waals surface area contributed by atoms with Gasteiger partial charge in [0.25, 0.3) is 0 Å². The monoisotopic (exact) mass is 166 g/mol. The molecule has 12 heavy (non-hydrogen) atoms. The minimum Gasteiger partial charge on any atom is -0.299 e. The van der Waals surface area contributed by atoms with Gasteiger partial charge >= 0.3 is 0 Å². The Morgan fingerprint density at radius 3 is 2.75 bits per heavy atom. The highest BCUT2D eigenvalue weighted by molar-refractivity contribution is 5.93. The number of carbonyl (C=O) groups is 1. The highest BCUT2D eigenvalue weighted by Gasteiger charge is 2.57. The molecule has 0 radical (unpaired) electrons. The molecule has 0 amide bonds. The first-order chi connectivity index (χ1) is 5.70. The van der Waals surface area contributed by atoms with Crippen LogP contribution in [-0.2, 0) is 4.79 Å². The Hall–Kier alpha value is -0.330. The predicted molar refractivity (Wildman–Crippen MR) is 48.9 cm³/mol. The molecule has 0 aromatic rings. The second-order valence-corrected chi connectivity index (χ2v) is 4.63. The summed E-state index contributed by atoms with van der Waals surface area (Å²) in [7, 11) is 0. The predicted octanol–water partition coefficient (Wildman–Crippen LogP) is 2.79. The molecule has 0 bridgehead atoms. The fraction of sp³-hybridized carbons (Fsp3) is 0.909. The molecule has 0 aromatic carbocycles. The Morgan fingerprint density at radius 2 is 2.08 bits per heavy atom. The molecule has 1 nitrogen and oxygen atoms in total. The second-order valence-electron chi connectivity index (χ2n) is 4.63. The summed E-state index contributed by atoms with van der Waals surface area (Å²) in [6, 6.07) is 0. The maximum Gasteiger partial charge on any atom is 0.142 e. The summed E-state index contributed by atoms with van der Waals surface area (Å²) in [5, 5.41) is 0. The first kappa shape index (κ1) is 8.28. The SMILES string of the molecule is CC[C@]1(C)C(=O)[C@H]2CCCC[C@H]21. The van der Waals surface area contributed by atoms with E-state index in [-0.39, 0.29) is 5.41 Å². The Morgan fingerprint density at radius 1 is 1.42 bits per heavy atom. The number of hydrogen-bond acceptors (Lipinski definition) is 1. The van der Waals surface area contributed by atoms with Crippen molar-refractivity contribution >= 4 is 5.78 Å². The van der Waals surface area contributed by atoms with E-state index >= 15 is 0 Å². The Bertz CT molecular complexity index is 209. The number of rotatable bonds is 1. The third-order valence-corrected chi connectivity index (χ3v) is 4.22. The van der Waals surface area contributed by atoms with E-state index in [0.717, 1.165) is 12.3 Å². The molecule has 0 aliphatic heterocycles. The maximum absolute atomic E-state index is 11.7. The molecule has 0 heterocycles. The summed E-state index contributed by atoms with van der Waals surface area (Å²) in [6.45, 7) is 4.32. The topological polar surface area (TPSA) is 17.1 Å². The highest BCUT2D eigenvalue weighted by Crippen LogP contribution is 2.55. The van der Waals surface area contributed by atoms with Crippen molar-refractivity contribution in [2.45, 2.75) is 46.0 Å². The van der Waals surface area contributed by atoms with Gasteiger partial charge in [0.1, 0.15) is 5.78 Å².